The summed E-state index contributed by atoms with van der Waals surface area (Å²) in [5.41, 5.74) is -0.562. The molecule has 0 aliphatic heterocycles. The van der Waals surface area contributed by atoms with Crippen LogP contribution >= 0.6 is 0 Å². The topological polar surface area (TPSA) is 41.5 Å². The molecule has 0 aliphatic rings. The van der Waals surface area contributed by atoms with Crippen molar-refractivity contribution in [3.63, 3.8) is 0 Å². The number of hydrogen-bond acceptors (Lipinski definition) is 2. The molecule has 0 heterocycles. The fraction of sp³-hybridized carbons (Fsp3) is 0.455. The van der Waals surface area contributed by atoms with Crippen molar-refractivity contribution < 1.29 is 4.79 Å². The molecule has 1 amide bonds. The van der Waals surface area contributed by atoms with Gasteiger partial charge in [-0.1, -0.05) is 26.5 Å². The van der Waals surface area contributed by atoms with Crippen molar-refractivity contribution in [3.05, 3.63) is 25.4 Å². The van der Waals surface area contributed by atoms with E-state index < -0.39 is 5.41 Å². The number of hydrogen-bond donors (Lipinski definition) is 1. The van der Waals surface area contributed by atoms with Crippen LogP contribution in [-0.4, -0.2) is 12.2 Å². The van der Waals surface area contributed by atoms with Crippen LogP contribution in [0.4, 0.5) is 0 Å². The van der Waals surface area contributed by atoms with Gasteiger partial charge in [-0.25, -0.2) is 4.99 Å². The van der Waals surface area contributed by atoms with E-state index >= 15 is 0 Å². The van der Waals surface area contributed by atoms with Crippen LogP contribution in [0, 0.1) is 5.41 Å². The van der Waals surface area contributed by atoms with Crippen molar-refractivity contribution in [1.29, 1.82) is 0 Å². The SMILES string of the molecule is C=CN=CNC(=O)C(C)(C)C=C.CC. The van der Waals surface area contributed by atoms with Gasteiger partial charge in [0.2, 0.25) is 5.91 Å². The predicted octanol–water partition coefficient (Wildman–Crippen LogP) is 2.51. The molecule has 3 heteroatoms. The molecule has 80 valence electrons. The van der Waals surface area contributed by atoms with E-state index in [4.69, 9.17) is 0 Å². The Balaban J connectivity index is 0. The molecule has 0 atom stereocenters. The maximum atomic E-state index is 11.3. The van der Waals surface area contributed by atoms with Gasteiger partial charge in [0.1, 0.15) is 0 Å². The van der Waals surface area contributed by atoms with Crippen molar-refractivity contribution in [1.82, 2.24) is 5.32 Å². The van der Waals surface area contributed by atoms with E-state index in [0.717, 1.165) is 0 Å². The average molecular weight is 196 g/mol. The maximum absolute atomic E-state index is 11.3. The molecule has 0 aliphatic carbocycles. The Bertz CT molecular complexity index is 217. The summed E-state index contributed by atoms with van der Waals surface area (Å²) in [5.74, 6) is -0.136. The smallest absolute Gasteiger partial charge is 0.234 e. The first kappa shape index (κ1) is 15.1. The standard InChI is InChI=1S/C9H14N2O.C2H6/c1-5-9(3,4)8(12)11-7-10-6-2;1-2/h5-7H,1-2H2,3-4H3,(H,10,11,12);1-2H3. The minimum atomic E-state index is -0.562. The molecule has 1 N–H and O–H groups in total. The monoisotopic (exact) mass is 196 g/mol. The highest BCUT2D eigenvalue weighted by Crippen LogP contribution is 2.14. The van der Waals surface area contributed by atoms with Gasteiger partial charge in [0.05, 0.1) is 11.8 Å². The van der Waals surface area contributed by atoms with Crippen LogP contribution in [0.3, 0.4) is 0 Å². The molecule has 0 rings (SSSR count). The molecule has 14 heavy (non-hydrogen) atoms. The highest BCUT2D eigenvalue weighted by molar-refractivity contribution is 5.92. The largest absolute Gasteiger partial charge is 0.316 e. The van der Waals surface area contributed by atoms with E-state index in [1.54, 1.807) is 19.9 Å². The molecule has 0 spiro atoms. The number of amides is 1. The van der Waals surface area contributed by atoms with Crippen molar-refractivity contribution in [2.75, 3.05) is 0 Å². The van der Waals surface area contributed by atoms with Gasteiger partial charge in [-0.15, -0.1) is 6.58 Å². The second-order valence-corrected chi connectivity index (χ2v) is 2.86. The number of nitrogens with zero attached hydrogens (tertiary/aromatic N) is 1. The van der Waals surface area contributed by atoms with Crippen molar-refractivity contribution in [2.24, 2.45) is 10.4 Å². The van der Waals surface area contributed by atoms with Crippen LogP contribution in [0.15, 0.2) is 30.4 Å². The van der Waals surface area contributed by atoms with E-state index in [1.807, 2.05) is 13.8 Å². The van der Waals surface area contributed by atoms with Crippen molar-refractivity contribution in [2.45, 2.75) is 27.7 Å². The molecule has 0 aromatic carbocycles. The van der Waals surface area contributed by atoms with Crippen molar-refractivity contribution in [3.8, 4) is 0 Å². The molecule has 0 aromatic rings. The van der Waals surface area contributed by atoms with Crippen molar-refractivity contribution >= 4 is 12.2 Å². The Kier molecular flexibility index (Phi) is 8.88. The summed E-state index contributed by atoms with van der Waals surface area (Å²) in [7, 11) is 0. The number of nitrogens with one attached hydrogen (secondary N) is 1. The lowest BCUT2D eigenvalue weighted by molar-refractivity contribution is -0.125. The summed E-state index contributed by atoms with van der Waals surface area (Å²) < 4.78 is 0. The zero-order valence-electron chi connectivity index (χ0n) is 9.50. The summed E-state index contributed by atoms with van der Waals surface area (Å²) in [6, 6.07) is 0. The second-order valence-electron chi connectivity index (χ2n) is 2.86. The third kappa shape index (κ3) is 6.17. The van der Waals surface area contributed by atoms with Gasteiger partial charge in [-0.2, -0.15) is 0 Å². The van der Waals surface area contributed by atoms with Crippen LogP contribution in [0.25, 0.3) is 0 Å². The predicted molar refractivity (Wildman–Crippen MR) is 62.2 cm³/mol. The first-order valence-electron chi connectivity index (χ1n) is 4.61. The summed E-state index contributed by atoms with van der Waals surface area (Å²) in [6.07, 6.45) is 4.24. The van der Waals surface area contributed by atoms with Crippen LogP contribution < -0.4 is 5.32 Å². The summed E-state index contributed by atoms with van der Waals surface area (Å²) >= 11 is 0. The number of carbonyl (C=O) groups is 1. The van der Waals surface area contributed by atoms with E-state index in [1.165, 1.54) is 12.5 Å². The third-order valence-electron chi connectivity index (χ3n) is 1.47. The molecule has 0 aromatic heterocycles. The Hall–Kier alpha value is -1.38. The fourth-order valence-electron chi connectivity index (χ4n) is 0.427. The van der Waals surface area contributed by atoms with Crippen LogP contribution in [-0.2, 0) is 4.79 Å². The number of aliphatic imine (C=N–C) groups is 1. The van der Waals surface area contributed by atoms with Gasteiger partial charge in [0.15, 0.2) is 0 Å². The van der Waals surface area contributed by atoms with Gasteiger partial charge in [-0.05, 0) is 13.8 Å². The lowest BCUT2D eigenvalue weighted by Gasteiger charge is -2.16. The molecule has 3 nitrogen and oxygen atoms in total. The average Bonchev–Trinajstić information content (AvgIpc) is 2.21. The number of carbonyl (C=O) groups excluding carboxylic acids is 1. The molecule has 0 radical (unpaired) electrons. The normalized spacial score (nSPS) is 10.0. The Morgan fingerprint density at radius 3 is 2.21 bits per heavy atom. The molecule has 0 unspecified atom stereocenters. The summed E-state index contributed by atoms with van der Waals surface area (Å²) in [6.45, 7) is 14.5. The van der Waals surface area contributed by atoms with Gasteiger partial charge in [0.25, 0.3) is 0 Å². The minimum absolute atomic E-state index is 0.136. The summed E-state index contributed by atoms with van der Waals surface area (Å²) in [5, 5.41) is 2.50. The Morgan fingerprint density at radius 2 is 1.86 bits per heavy atom. The van der Waals surface area contributed by atoms with Crippen LogP contribution in [0.5, 0.6) is 0 Å². The lowest BCUT2D eigenvalue weighted by atomic mass is 9.93. The van der Waals surface area contributed by atoms with Gasteiger partial charge < -0.3 is 5.32 Å². The molecule has 0 saturated carbocycles. The number of rotatable bonds is 4. The minimum Gasteiger partial charge on any atom is -0.316 e. The van der Waals surface area contributed by atoms with Crippen LogP contribution in [0.1, 0.15) is 27.7 Å². The van der Waals surface area contributed by atoms with E-state index in [-0.39, 0.29) is 5.91 Å². The van der Waals surface area contributed by atoms with E-state index in [0.29, 0.717) is 0 Å². The first-order valence-corrected chi connectivity index (χ1v) is 4.61. The van der Waals surface area contributed by atoms with Gasteiger partial charge in [-0.3, -0.25) is 4.79 Å². The zero-order chi connectivity index (χ0) is 11.6. The maximum Gasteiger partial charge on any atom is 0.234 e. The molecular formula is C11H20N2O. The zero-order valence-corrected chi connectivity index (χ0v) is 9.50. The molecular weight excluding hydrogens is 176 g/mol. The quantitative estimate of drug-likeness (QED) is 0.419. The molecule has 0 saturated heterocycles. The fourth-order valence-corrected chi connectivity index (χ4v) is 0.427. The second kappa shape index (κ2) is 8.23. The van der Waals surface area contributed by atoms with Crippen LogP contribution in [0.2, 0.25) is 0 Å². The lowest BCUT2D eigenvalue weighted by Crippen LogP contribution is -2.34. The summed E-state index contributed by atoms with van der Waals surface area (Å²) in [4.78, 5) is 14.9. The Labute approximate surface area is 86.6 Å². The highest BCUT2D eigenvalue weighted by Gasteiger charge is 2.22. The van der Waals surface area contributed by atoms with Gasteiger partial charge >= 0.3 is 0 Å². The van der Waals surface area contributed by atoms with Gasteiger partial charge in [0, 0.05) is 6.20 Å². The van der Waals surface area contributed by atoms with E-state index in [9.17, 15) is 4.79 Å². The highest BCUT2D eigenvalue weighted by atomic mass is 16.2. The molecule has 0 fully saturated rings. The first-order chi connectivity index (χ1) is 6.54. The van der Waals surface area contributed by atoms with E-state index in [2.05, 4.69) is 23.5 Å². The molecule has 0 bridgehead atoms. The third-order valence-corrected chi connectivity index (χ3v) is 1.47. The Morgan fingerprint density at radius 1 is 1.36 bits per heavy atom.